The molecular formula is C23H27N3O4. The monoisotopic (exact) mass is 409 g/mol. The topological polar surface area (TPSA) is 71.1 Å². The van der Waals surface area contributed by atoms with Gasteiger partial charge < -0.3 is 19.7 Å². The molecule has 0 saturated carbocycles. The predicted octanol–water partition coefficient (Wildman–Crippen LogP) is 2.23. The number of carbonyl (C=O) groups excluding carboxylic acids is 2. The number of anilines is 1. The molecule has 0 aliphatic carbocycles. The van der Waals surface area contributed by atoms with Crippen molar-refractivity contribution in [1.82, 2.24) is 9.80 Å². The molecule has 1 N–H and O–H groups in total. The van der Waals surface area contributed by atoms with Crippen molar-refractivity contribution in [2.75, 3.05) is 44.6 Å². The zero-order valence-electron chi connectivity index (χ0n) is 17.4. The van der Waals surface area contributed by atoms with Crippen molar-refractivity contribution in [1.29, 1.82) is 0 Å². The van der Waals surface area contributed by atoms with Crippen LogP contribution in [0.15, 0.2) is 42.5 Å². The number of aryl methyl sites for hydroxylation is 2. The molecule has 2 amide bonds. The third-order valence-electron chi connectivity index (χ3n) is 5.63. The SMILES string of the molecule is Cc1ccc(NC(=O)CN2CCN(C(=O)[C@@H]3COc4ccccc4O3)CC2)cc1C. The Kier molecular flexibility index (Phi) is 5.90. The molecule has 2 aliphatic heterocycles. The molecule has 0 bridgehead atoms. The van der Waals surface area contributed by atoms with Gasteiger partial charge in [0.05, 0.1) is 6.54 Å². The Morgan fingerprint density at radius 2 is 1.73 bits per heavy atom. The number of nitrogens with one attached hydrogen (secondary N) is 1. The molecule has 30 heavy (non-hydrogen) atoms. The minimum absolute atomic E-state index is 0.0429. The molecular weight excluding hydrogens is 382 g/mol. The molecule has 2 aromatic carbocycles. The van der Waals surface area contributed by atoms with E-state index in [9.17, 15) is 9.59 Å². The molecule has 4 rings (SSSR count). The van der Waals surface area contributed by atoms with Crippen LogP contribution in [0.1, 0.15) is 11.1 Å². The van der Waals surface area contributed by atoms with Gasteiger partial charge in [0.25, 0.3) is 5.91 Å². The van der Waals surface area contributed by atoms with Crippen LogP contribution in [0.5, 0.6) is 11.5 Å². The first-order valence-corrected chi connectivity index (χ1v) is 10.3. The lowest BCUT2D eigenvalue weighted by atomic mass is 10.1. The van der Waals surface area contributed by atoms with Crippen LogP contribution >= 0.6 is 0 Å². The van der Waals surface area contributed by atoms with E-state index in [0.29, 0.717) is 44.2 Å². The highest BCUT2D eigenvalue weighted by Gasteiger charge is 2.32. The summed E-state index contributed by atoms with van der Waals surface area (Å²) in [5.74, 6) is 1.16. The van der Waals surface area contributed by atoms with Gasteiger partial charge in [0, 0.05) is 31.9 Å². The largest absolute Gasteiger partial charge is 0.485 e. The Hall–Kier alpha value is -3.06. The standard InChI is InChI=1S/C23H27N3O4/c1-16-7-8-18(13-17(16)2)24-22(27)14-25-9-11-26(12-10-25)23(28)21-15-29-19-5-3-4-6-20(19)30-21/h3-8,13,21H,9-12,14-15H2,1-2H3,(H,24,27)/t21-/m0/s1. The number of benzene rings is 2. The van der Waals surface area contributed by atoms with E-state index in [4.69, 9.17) is 9.47 Å². The number of fused-ring (bicyclic) bond motifs is 1. The first-order chi connectivity index (χ1) is 14.5. The second-order valence-corrected chi connectivity index (χ2v) is 7.81. The zero-order chi connectivity index (χ0) is 21.1. The molecule has 0 radical (unpaired) electrons. The molecule has 2 aliphatic rings. The number of hydrogen-bond donors (Lipinski definition) is 1. The quantitative estimate of drug-likeness (QED) is 0.839. The fraction of sp³-hybridized carbons (Fsp3) is 0.391. The van der Waals surface area contributed by atoms with E-state index in [1.807, 2.05) is 50.2 Å². The minimum Gasteiger partial charge on any atom is -0.485 e. The van der Waals surface area contributed by atoms with Gasteiger partial charge in [-0.25, -0.2) is 0 Å². The molecule has 2 aromatic rings. The number of ether oxygens (including phenoxy) is 2. The van der Waals surface area contributed by atoms with Gasteiger partial charge in [-0.15, -0.1) is 0 Å². The summed E-state index contributed by atoms with van der Waals surface area (Å²) in [6.45, 7) is 7.03. The van der Waals surface area contributed by atoms with Gasteiger partial charge in [0.2, 0.25) is 12.0 Å². The third-order valence-corrected chi connectivity index (χ3v) is 5.63. The van der Waals surface area contributed by atoms with Crippen molar-refractivity contribution in [3.05, 3.63) is 53.6 Å². The molecule has 2 heterocycles. The van der Waals surface area contributed by atoms with Crippen LogP contribution in [-0.4, -0.2) is 67.0 Å². The maximum atomic E-state index is 12.8. The highest BCUT2D eigenvalue weighted by Crippen LogP contribution is 2.31. The van der Waals surface area contributed by atoms with E-state index in [0.717, 1.165) is 11.3 Å². The lowest BCUT2D eigenvalue weighted by Gasteiger charge is -2.36. The highest BCUT2D eigenvalue weighted by molar-refractivity contribution is 5.92. The fourth-order valence-corrected chi connectivity index (χ4v) is 3.69. The number of para-hydroxylation sites is 2. The molecule has 158 valence electrons. The molecule has 1 saturated heterocycles. The summed E-state index contributed by atoms with van der Waals surface area (Å²) in [5.41, 5.74) is 3.16. The normalized spacial score (nSPS) is 18.7. The molecule has 1 atom stereocenters. The summed E-state index contributed by atoms with van der Waals surface area (Å²) < 4.78 is 11.5. The summed E-state index contributed by atoms with van der Waals surface area (Å²) >= 11 is 0. The van der Waals surface area contributed by atoms with E-state index in [-0.39, 0.29) is 18.4 Å². The summed E-state index contributed by atoms with van der Waals surface area (Å²) in [6, 6.07) is 13.3. The Labute approximate surface area is 176 Å². The maximum absolute atomic E-state index is 12.8. The van der Waals surface area contributed by atoms with E-state index in [2.05, 4.69) is 10.2 Å². The van der Waals surface area contributed by atoms with Crippen LogP contribution in [0.2, 0.25) is 0 Å². The van der Waals surface area contributed by atoms with Crippen molar-refractivity contribution in [2.24, 2.45) is 0 Å². The van der Waals surface area contributed by atoms with Gasteiger partial charge in [0.15, 0.2) is 11.5 Å². The van der Waals surface area contributed by atoms with Crippen LogP contribution in [0, 0.1) is 13.8 Å². The van der Waals surface area contributed by atoms with Crippen molar-refractivity contribution in [3.8, 4) is 11.5 Å². The van der Waals surface area contributed by atoms with Crippen molar-refractivity contribution < 1.29 is 19.1 Å². The van der Waals surface area contributed by atoms with Crippen LogP contribution < -0.4 is 14.8 Å². The minimum atomic E-state index is -0.625. The van der Waals surface area contributed by atoms with Gasteiger partial charge >= 0.3 is 0 Å². The van der Waals surface area contributed by atoms with Crippen LogP contribution in [-0.2, 0) is 9.59 Å². The number of piperazine rings is 1. The van der Waals surface area contributed by atoms with Crippen LogP contribution in [0.3, 0.4) is 0 Å². The molecule has 0 spiro atoms. The van der Waals surface area contributed by atoms with Gasteiger partial charge in [-0.1, -0.05) is 18.2 Å². The number of hydrogen-bond acceptors (Lipinski definition) is 5. The molecule has 0 unspecified atom stereocenters. The Bertz CT molecular complexity index is 938. The van der Waals surface area contributed by atoms with E-state index >= 15 is 0 Å². The number of rotatable bonds is 4. The number of amides is 2. The van der Waals surface area contributed by atoms with Crippen LogP contribution in [0.4, 0.5) is 5.69 Å². The van der Waals surface area contributed by atoms with E-state index < -0.39 is 6.10 Å². The average Bonchev–Trinajstić information content (AvgIpc) is 2.76. The second-order valence-electron chi connectivity index (χ2n) is 7.81. The summed E-state index contributed by atoms with van der Waals surface area (Å²) in [7, 11) is 0. The third kappa shape index (κ3) is 4.57. The predicted molar refractivity (Wildman–Crippen MR) is 114 cm³/mol. The second kappa shape index (κ2) is 8.75. The van der Waals surface area contributed by atoms with Gasteiger partial charge in [-0.2, -0.15) is 0 Å². The molecule has 7 nitrogen and oxygen atoms in total. The Morgan fingerprint density at radius 3 is 2.47 bits per heavy atom. The molecule has 7 heteroatoms. The first kappa shape index (κ1) is 20.2. The lowest BCUT2D eigenvalue weighted by Crippen LogP contribution is -2.54. The summed E-state index contributed by atoms with van der Waals surface area (Å²) in [4.78, 5) is 29.1. The Balaban J connectivity index is 1.25. The zero-order valence-corrected chi connectivity index (χ0v) is 17.4. The van der Waals surface area contributed by atoms with Gasteiger partial charge in [-0.05, 0) is 49.2 Å². The van der Waals surface area contributed by atoms with E-state index in [1.165, 1.54) is 5.56 Å². The van der Waals surface area contributed by atoms with E-state index in [1.54, 1.807) is 11.0 Å². The maximum Gasteiger partial charge on any atom is 0.267 e. The summed E-state index contributed by atoms with van der Waals surface area (Å²) in [5, 5.41) is 2.95. The van der Waals surface area contributed by atoms with Crippen molar-refractivity contribution >= 4 is 17.5 Å². The Morgan fingerprint density at radius 1 is 1.00 bits per heavy atom. The molecule has 1 fully saturated rings. The fourth-order valence-electron chi connectivity index (χ4n) is 3.69. The van der Waals surface area contributed by atoms with Gasteiger partial charge in [-0.3, -0.25) is 14.5 Å². The van der Waals surface area contributed by atoms with Crippen LogP contribution in [0.25, 0.3) is 0 Å². The number of nitrogens with zero attached hydrogens (tertiary/aromatic N) is 2. The highest BCUT2D eigenvalue weighted by atomic mass is 16.6. The number of carbonyl (C=O) groups is 2. The molecule has 0 aromatic heterocycles. The smallest absolute Gasteiger partial charge is 0.267 e. The van der Waals surface area contributed by atoms with Gasteiger partial charge in [0.1, 0.15) is 6.61 Å². The summed E-state index contributed by atoms with van der Waals surface area (Å²) in [6.07, 6.45) is -0.625. The first-order valence-electron chi connectivity index (χ1n) is 10.3. The van der Waals surface area contributed by atoms with Crippen molar-refractivity contribution in [2.45, 2.75) is 20.0 Å². The lowest BCUT2D eigenvalue weighted by molar-refractivity contribution is -0.143. The average molecular weight is 409 g/mol. The van der Waals surface area contributed by atoms with Crippen molar-refractivity contribution in [3.63, 3.8) is 0 Å².